The second-order valence-electron chi connectivity index (χ2n) is 3.85. The van der Waals surface area contributed by atoms with E-state index < -0.39 is 0 Å². The van der Waals surface area contributed by atoms with Crippen LogP contribution in [0.4, 0.5) is 5.69 Å². The minimum Gasteiger partial charge on any atom is -0.490 e. The van der Waals surface area contributed by atoms with E-state index in [1.807, 2.05) is 24.3 Å². The number of ether oxygens (including phenoxy) is 2. The van der Waals surface area contributed by atoms with Crippen LogP contribution in [-0.4, -0.2) is 32.0 Å². The zero-order chi connectivity index (χ0) is 13.9. The summed E-state index contributed by atoms with van der Waals surface area (Å²) in [7, 11) is 1.69. The van der Waals surface area contributed by atoms with Crippen molar-refractivity contribution in [3.8, 4) is 5.75 Å². The highest BCUT2D eigenvalue weighted by Gasteiger charge is 1.98. The van der Waals surface area contributed by atoms with Crippen molar-refractivity contribution in [1.82, 2.24) is 5.32 Å². The molecule has 1 rings (SSSR count). The molecule has 0 saturated carbocycles. The molecule has 104 valence electrons. The summed E-state index contributed by atoms with van der Waals surface area (Å²) in [4.78, 5) is 0. The Morgan fingerprint density at radius 3 is 2.74 bits per heavy atom. The lowest BCUT2D eigenvalue weighted by molar-refractivity contribution is 0.196. The molecule has 0 radical (unpaired) electrons. The summed E-state index contributed by atoms with van der Waals surface area (Å²) in [6.45, 7) is 5.63. The van der Waals surface area contributed by atoms with Crippen LogP contribution in [0.5, 0.6) is 5.75 Å². The molecule has 0 aromatic heterocycles. The fraction of sp³-hybridized carbons (Fsp3) is 0.357. The second kappa shape index (κ2) is 9.35. The Morgan fingerprint density at radius 1 is 1.37 bits per heavy atom. The molecule has 1 aromatic rings. The van der Waals surface area contributed by atoms with Crippen molar-refractivity contribution < 1.29 is 9.47 Å². The molecule has 0 saturated heterocycles. The van der Waals surface area contributed by atoms with E-state index in [-0.39, 0.29) is 0 Å². The molecule has 0 aliphatic heterocycles. The van der Waals surface area contributed by atoms with Gasteiger partial charge in [-0.3, -0.25) is 0 Å². The van der Waals surface area contributed by atoms with Crippen molar-refractivity contribution >= 4 is 23.0 Å². The largest absolute Gasteiger partial charge is 0.490 e. The molecule has 0 bridgehead atoms. The molecule has 0 spiro atoms. The van der Waals surface area contributed by atoms with Crippen LogP contribution in [0.3, 0.4) is 0 Å². The number of nitrogens with one attached hydrogen (secondary N) is 2. The minimum absolute atomic E-state index is 0.506. The van der Waals surface area contributed by atoms with Crippen LogP contribution in [0.2, 0.25) is 0 Å². The normalized spacial score (nSPS) is 9.74. The van der Waals surface area contributed by atoms with E-state index in [1.54, 1.807) is 13.2 Å². The van der Waals surface area contributed by atoms with Crippen LogP contribution in [0.25, 0.3) is 0 Å². The third kappa shape index (κ3) is 6.79. The van der Waals surface area contributed by atoms with Crippen molar-refractivity contribution in [2.75, 3.05) is 32.2 Å². The Balaban J connectivity index is 2.31. The predicted octanol–water partition coefficient (Wildman–Crippen LogP) is 2.57. The lowest BCUT2D eigenvalue weighted by atomic mass is 10.3. The van der Waals surface area contributed by atoms with Crippen molar-refractivity contribution in [1.29, 1.82) is 0 Å². The van der Waals surface area contributed by atoms with Crippen molar-refractivity contribution in [2.45, 2.75) is 6.42 Å². The predicted molar refractivity (Wildman–Crippen MR) is 82.9 cm³/mol. The van der Waals surface area contributed by atoms with Gasteiger partial charge in [-0.2, -0.15) is 0 Å². The maximum Gasteiger partial charge on any atom is 0.170 e. The molecular weight excluding hydrogens is 260 g/mol. The summed E-state index contributed by atoms with van der Waals surface area (Å²) in [6.07, 6.45) is 2.64. The maximum absolute atomic E-state index is 5.40. The lowest BCUT2D eigenvalue weighted by Gasteiger charge is -2.11. The molecule has 19 heavy (non-hydrogen) atoms. The van der Waals surface area contributed by atoms with Crippen LogP contribution < -0.4 is 15.4 Å². The van der Waals surface area contributed by atoms with E-state index in [0.717, 1.165) is 31.0 Å². The highest BCUT2D eigenvalue weighted by molar-refractivity contribution is 7.80. The number of rotatable bonds is 8. The Hall–Kier alpha value is -1.59. The highest BCUT2D eigenvalue weighted by Crippen LogP contribution is 2.15. The van der Waals surface area contributed by atoms with Gasteiger partial charge < -0.3 is 20.1 Å². The Bertz CT molecular complexity index is 393. The van der Waals surface area contributed by atoms with E-state index in [2.05, 4.69) is 17.2 Å². The Kier molecular flexibility index (Phi) is 7.62. The molecule has 4 nitrogen and oxygen atoms in total. The highest BCUT2D eigenvalue weighted by atomic mass is 32.1. The van der Waals surface area contributed by atoms with E-state index in [0.29, 0.717) is 11.7 Å². The topological polar surface area (TPSA) is 42.5 Å². The minimum atomic E-state index is 0.506. The fourth-order valence-corrected chi connectivity index (χ4v) is 1.60. The smallest absolute Gasteiger partial charge is 0.170 e. The first kappa shape index (κ1) is 15.5. The van der Waals surface area contributed by atoms with Gasteiger partial charge in [0, 0.05) is 25.9 Å². The average Bonchev–Trinajstić information content (AvgIpc) is 2.43. The summed E-state index contributed by atoms with van der Waals surface area (Å²) in [6, 6.07) is 7.61. The zero-order valence-electron chi connectivity index (χ0n) is 11.1. The van der Waals surface area contributed by atoms with Gasteiger partial charge >= 0.3 is 0 Å². The number of methoxy groups -OCH3 is 1. The first-order valence-corrected chi connectivity index (χ1v) is 6.54. The summed E-state index contributed by atoms with van der Waals surface area (Å²) in [5.41, 5.74) is 0.926. The standard InChI is InChI=1S/C14H20N2O2S/c1-3-10-18-13-7-5-12(6-8-13)16-14(19)15-9-4-11-17-2/h3,5-8H,1,4,9-11H2,2H3,(H2,15,16,19). The number of anilines is 1. The van der Waals surface area contributed by atoms with Crippen LogP contribution in [0.1, 0.15) is 6.42 Å². The van der Waals surface area contributed by atoms with E-state index in [9.17, 15) is 0 Å². The zero-order valence-corrected chi connectivity index (χ0v) is 12.0. The van der Waals surface area contributed by atoms with Gasteiger partial charge in [-0.15, -0.1) is 0 Å². The van der Waals surface area contributed by atoms with Gasteiger partial charge in [0.25, 0.3) is 0 Å². The first-order chi connectivity index (χ1) is 9.26. The monoisotopic (exact) mass is 280 g/mol. The third-order valence-electron chi connectivity index (χ3n) is 2.29. The molecule has 2 N–H and O–H groups in total. The van der Waals surface area contributed by atoms with Crippen molar-refractivity contribution in [3.05, 3.63) is 36.9 Å². The fourth-order valence-electron chi connectivity index (χ4n) is 1.38. The molecular formula is C14H20N2O2S. The van der Waals surface area contributed by atoms with Gasteiger partial charge in [-0.25, -0.2) is 0 Å². The van der Waals surface area contributed by atoms with E-state index in [4.69, 9.17) is 21.7 Å². The lowest BCUT2D eigenvalue weighted by Crippen LogP contribution is -2.29. The molecule has 1 aromatic carbocycles. The SMILES string of the molecule is C=CCOc1ccc(NC(=S)NCCCOC)cc1. The summed E-state index contributed by atoms with van der Waals surface area (Å²) >= 11 is 5.18. The maximum atomic E-state index is 5.40. The molecule has 0 aliphatic carbocycles. The van der Waals surface area contributed by atoms with Gasteiger partial charge in [-0.05, 0) is 42.9 Å². The average molecular weight is 280 g/mol. The van der Waals surface area contributed by atoms with Crippen molar-refractivity contribution in [3.63, 3.8) is 0 Å². The number of benzene rings is 1. The number of thiocarbonyl (C=S) groups is 1. The second-order valence-corrected chi connectivity index (χ2v) is 4.26. The molecule has 5 heteroatoms. The van der Waals surface area contributed by atoms with Crippen molar-refractivity contribution in [2.24, 2.45) is 0 Å². The first-order valence-electron chi connectivity index (χ1n) is 6.14. The quantitative estimate of drug-likeness (QED) is 0.435. The van der Waals surface area contributed by atoms with Gasteiger partial charge in [0.05, 0.1) is 0 Å². The van der Waals surface area contributed by atoms with Crippen LogP contribution in [-0.2, 0) is 4.74 Å². The molecule has 0 fully saturated rings. The summed E-state index contributed by atoms with van der Waals surface area (Å²) in [5.74, 6) is 0.810. The third-order valence-corrected chi connectivity index (χ3v) is 2.54. The Morgan fingerprint density at radius 2 is 2.11 bits per heavy atom. The number of hydrogen-bond acceptors (Lipinski definition) is 3. The number of hydrogen-bond donors (Lipinski definition) is 2. The van der Waals surface area contributed by atoms with Gasteiger partial charge in [-0.1, -0.05) is 12.7 Å². The van der Waals surface area contributed by atoms with E-state index in [1.165, 1.54) is 0 Å². The summed E-state index contributed by atoms with van der Waals surface area (Å²) in [5, 5.41) is 6.82. The van der Waals surface area contributed by atoms with Gasteiger partial charge in [0.1, 0.15) is 12.4 Å². The van der Waals surface area contributed by atoms with Crippen LogP contribution in [0.15, 0.2) is 36.9 Å². The summed E-state index contributed by atoms with van der Waals surface area (Å²) < 4.78 is 10.4. The van der Waals surface area contributed by atoms with Crippen LogP contribution >= 0.6 is 12.2 Å². The Labute approximate surface area is 119 Å². The molecule has 0 heterocycles. The van der Waals surface area contributed by atoms with Gasteiger partial charge in [0.2, 0.25) is 0 Å². The van der Waals surface area contributed by atoms with Gasteiger partial charge in [0.15, 0.2) is 5.11 Å². The molecule has 0 amide bonds. The molecule has 0 unspecified atom stereocenters. The van der Waals surface area contributed by atoms with E-state index >= 15 is 0 Å². The molecule has 0 aliphatic rings. The molecule has 0 atom stereocenters. The van der Waals surface area contributed by atoms with Crippen LogP contribution in [0, 0.1) is 0 Å².